The highest BCUT2D eigenvalue weighted by atomic mass is 35.5. The van der Waals surface area contributed by atoms with Gasteiger partial charge < -0.3 is 15.6 Å². The van der Waals surface area contributed by atoms with Crippen LogP contribution in [0, 0.1) is 0 Å². The maximum Gasteiger partial charge on any atom is 0.272 e. The van der Waals surface area contributed by atoms with Crippen LogP contribution in [-0.2, 0) is 11.2 Å². The maximum atomic E-state index is 13.1. The molecule has 2 amide bonds. The van der Waals surface area contributed by atoms with Crippen LogP contribution in [0.1, 0.15) is 22.5 Å². The monoisotopic (exact) mass is 485 g/mol. The molecule has 0 bridgehead atoms. The van der Waals surface area contributed by atoms with Gasteiger partial charge in [0.25, 0.3) is 5.91 Å². The van der Waals surface area contributed by atoms with Crippen LogP contribution in [0.15, 0.2) is 72.8 Å². The number of para-hydroxylation sites is 1. The second-order valence-corrected chi connectivity index (χ2v) is 8.30. The van der Waals surface area contributed by atoms with Crippen molar-refractivity contribution < 1.29 is 9.59 Å². The summed E-state index contributed by atoms with van der Waals surface area (Å²) in [6.45, 7) is 0. The van der Waals surface area contributed by atoms with Crippen LogP contribution in [0.3, 0.4) is 0 Å². The van der Waals surface area contributed by atoms with Crippen LogP contribution in [0.4, 0.5) is 11.4 Å². The molecule has 0 aliphatic carbocycles. The zero-order chi connectivity index (χ0) is 24.2. The summed E-state index contributed by atoms with van der Waals surface area (Å²) in [4.78, 5) is 28.7. The molecule has 0 radical (unpaired) electrons. The number of nitrogens with one attached hydrogen (secondary N) is 4. The quantitative estimate of drug-likeness (QED) is 0.262. The highest BCUT2D eigenvalue weighted by molar-refractivity contribution is 6.31. The van der Waals surface area contributed by atoms with Crippen molar-refractivity contribution in [3.63, 3.8) is 0 Å². The van der Waals surface area contributed by atoms with Crippen molar-refractivity contribution in [2.24, 2.45) is 0 Å². The van der Waals surface area contributed by atoms with E-state index in [1.165, 1.54) is 0 Å². The Bertz CT molecular complexity index is 1500. The maximum absolute atomic E-state index is 13.1. The van der Waals surface area contributed by atoms with Crippen molar-refractivity contribution in [2.75, 3.05) is 10.6 Å². The van der Waals surface area contributed by atoms with Gasteiger partial charge in [-0.3, -0.25) is 9.59 Å². The molecule has 3 aromatic carbocycles. The molecule has 0 saturated heterocycles. The summed E-state index contributed by atoms with van der Waals surface area (Å²) >= 11 is 6.12. The van der Waals surface area contributed by atoms with Gasteiger partial charge in [0.05, 0.1) is 16.9 Å². The fourth-order valence-electron chi connectivity index (χ4n) is 3.77. The number of anilines is 2. The van der Waals surface area contributed by atoms with Gasteiger partial charge in [0.15, 0.2) is 0 Å². The van der Waals surface area contributed by atoms with Crippen molar-refractivity contribution >= 4 is 45.7 Å². The van der Waals surface area contributed by atoms with Gasteiger partial charge in [0.1, 0.15) is 5.69 Å². The number of fused-ring (bicyclic) bond motifs is 1. The van der Waals surface area contributed by atoms with Gasteiger partial charge in [0, 0.05) is 22.4 Å². The zero-order valence-electron chi connectivity index (χ0n) is 18.4. The number of aryl methyl sites for hydroxylation is 1. The Morgan fingerprint density at radius 2 is 1.77 bits per heavy atom. The van der Waals surface area contributed by atoms with Gasteiger partial charge in [-0.25, -0.2) is 0 Å². The molecular formula is C25H20ClN7O2. The van der Waals surface area contributed by atoms with Gasteiger partial charge in [-0.2, -0.15) is 5.21 Å². The van der Waals surface area contributed by atoms with Crippen molar-refractivity contribution in [2.45, 2.75) is 12.8 Å². The Hall–Kier alpha value is -4.50. The first kappa shape index (κ1) is 22.3. The topological polar surface area (TPSA) is 128 Å². The standard InChI is InChI=1S/C25H20ClN7O2/c26-17-10-11-19(18(14-17)24-30-32-33-31-24)29-25(35)21-13-16-7-4-8-20(23(16)28-21)27-22(34)12-9-15-5-2-1-3-6-15/h1-8,10-11,13-14,28H,9,12H2,(H,27,34)(H,29,35)(H,30,31,32,33). The van der Waals surface area contributed by atoms with E-state index in [9.17, 15) is 9.59 Å². The average Bonchev–Trinajstić information content (AvgIpc) is 3.55. The normalized spacial score (nSPS) is 10.9. The minimum Gasteiger partial charge on any atom is -0.349 e. The zero-order valence-corrected chi connectivity index (χ0v) is 19.1. The van der Waals surface area contributed by atoms with Crippen LogP contribution in [0.2, 0.25) is 5.02 Å². The van der Waals surface area contributed by atoms with Crippen molar-refractivity contribution in [1.29, 1.82) is 0 Å². The van der Waals surface area contributed by atoms with E-state index in [1.807, 2.05) is 42.5 Å². The summed E-state index contributed by atoms with van der Waals surface area (Å²) in [5.41, 5.74) is 3.72. The van der Waals surface area contributed by atoms with E-state index in [1.54, 1.807) is 30.3 Å². The Labute approximate surface area is 204 Å². The lowest BCUT2D eigenvalue weighted by atomic mass is 10.1. The largest absolute Gasteiger partial charge is 0.349 e. The third kappa shape index (κ3) is 5.04. The fourth-order valence-corrected chi connectivity index (χ4v) is 3.95. The number of rotatable bonds is 7. The first-order chi connectivity index (χ1) is 17.1. The summed E-state index contributed by atoms with van der Waals surface area (Å²) in [5, 5.41) is 21.0. The van der Waals surface area contributed by atoms with Crippen molar-refractivity contribution in [3.05, 3.63) is 89.1 Å². The van der Waals surface area contributed by atoms with Crippen molar-refractivity contribution in [3.8, 4) is 11.4 Å². The second kappa shape index (κ2) is 9.78. The number of H-pyrrole nitrogens is 2. The number of aromatic amines is 2. The number of benzene rings is 3. The molecule has 0 unspecified atom stereocenters. The molecule has 9 nitrogen and oxygen atoms in total. The number of tetrazole rings is 1. The molecule has 4 N–H and O–H groups in total. The van der Waals surface area contributed by atoms with Crippen LogP contribution in [-0.4, -0.2) is 37.4 Å². The predicted octanol–water partition coefficient (Wildman–Crippen LogP) is 4.83. The number of carbonyl (C=O) groups is 2. The number of hydrogen-bond acceptors (Lipinski definition) is 5. The minimum absolute atomic E-state index is 0.104. The van der Waals surface area contributed by atoms with E-state index < -0.39 is 0 Å². The van der Waals surface area contributed by atoms with Gasteiger partial charge in [0.2, 0.25) is 11.7 Å². The number of aromatic nitrogens is 5. The molecule has 2 aromatic heterocycles. The number of nitrogens with zero attached hydrogens (tertiary/aromatic N) is 3. The van der Waals surface area contributed by atoms with Gasteiger partial charge in [-0.1, -0.05) is 54.1 Å². The summed E-state index contributed by atoms with van der Waals surface area (Å²) in [7, 11) is 0. The molecule has 10 heteroatoms. The lowest BCUT2D eigenvalue weighted by Crippen LogP contribution is -2.14. The second-order valence-electron chi connectivity index (χ2n) is 7.87. The van der Waals surface area contributed by atoms with E-state index in [2.05, 4.69) is 36.2 Å². The first-order valence-corrected chi connectivity index (χ1v) is 11.2. The summed E-state index contributed by atoms with van der Waals surface area (Å²) < 4.78 is 0. The van der Waals surface area contributed by atoms with E-state index in [-0.39, 0.29) is 11.8 Å². The lowest BCUT2D eigenvalue weighted by Gasteiger charge is -2.09. The third-order valence-electron chi connectivity index (χ3n) is 5.47. The van der Waals surface area contributed by atoms with Gasteiger partial charge in [-0.05, 0) is 47.5 Å². The van der Waals surface area contributed by atoms with Gasteiger partial charge >= 0.3 is 0 Å². The Morgan fingerprint density at radius 1 is 0.914 bits per heavy atom. The molecule has 35 heavy (non-hydrogen) atoms. The number of hydrogen-bond donors (Lipinski definition) is 4. The van der Waals surface area contributed by atoms with Crippen molar-refractivity contribution in [1.82, 2.24) is 25.6 Å². The Balaban J connectivity index is 1.34. The van der Waals surface area contributed by atoms with E-state index >= 15 is 0 Å². The van der Waals surface area contributed by atoms with Crippen LogP contribution < -0.4 is 10.6 Å². The molecule has 0 aliphatic rings. The molecule has 0 spiro atoms. The van der Waals surface area contributed by atoms with E-state index in [0.29, 0.717) is 51.8 Å². The van der Waals surface area contributed by atoms with Crippen LogP contribution in [0.25, 0.3) is 22.3 Å². The molecule has 2 heterocycles. The lowest BCUT2D eigenvalue weighted by molar-refractivity contribution is -0.116. The highest BCUT2D eigenvalue weighted by Crippen LogP contribution is 2.29. The molecule has 0 aliphatic heterocycles. The molecule has 5 aromatic rings. The van der Waals surface area contributed by atoms with E-state index in [0.717, 1.165) is 10.9 Å². The van der Waals surface area contributed by atoms with E-state index in [4.69, 9.17) is 11.6 Å². The van der Waals surface area contributed by atoms with Gasteiger partial charge in [-0.15, -0.1) is 10.2 Å². The number of halogens is 1. The predicted molar refractivity (Wildman–Crippen MR) is 134 cm³/mol. The van der Waals surface area contributed by atoms with Crippen LogP contribution in [0.5, 0.6) is 0 Å². The number of carbonyl (C=O) groups excluding carboxylic acids is 2. The smallest absolute Gasteiger partial charge is 0.272 e. The molecular weight excluding hydrogens is 466 g/mol. The Kier molecular flexibility index (Phi) is 6.23. The van der Waals surface area contributed by atoms with Crippen LogP contribution >= 0.6 is 11.6 Å². The molecule has 5 rings (SSSR count). The first-order valence-electron chi connectivity index (χ1n) is 10.9. The number of amides is 2. The third-order valence-corrected chi connectivity index (χ3v) is 5.71. The SMILES string of the molecule is O=C(CCc1ccccc1)Nc1cccc2cc(C(=O)Nc3ccc(Cl)cc3-c3nn[nH]n3)[nH]c12. The fraction of sp³-hybridized carbons (Fsp3) is 0.0800. The summed E-state index contributed by atoms with van der Waals surface area (Å²) in [6, 6.07) is 22.1. The molecule has 174 valence electrons. The average molecular weight is 486 g/mol. The minimum atomic E-state index is -0.366. The highest BCUT2D eigenvalue weighted by Gasteiger charge is 2.17. The molecule has 0 fully saturated rings. The summed E-state index contributed by atoms with van der Waals surface area (Å²) in [5.74, 6) is -0.164. The molecule has 0 saturated carbocycles. The molecule has 0 atom stereocenters. The summed E-state index contributed by atoms with van der Waals surface area (Å²) in [6.07, 6.45) is 0.995. The Morgan fingerprint density at radius 3 is 2.57 bits per heavy atom.